The van der Waals surface area contributed by atoms with Crippen molar-refractivity contribution in [2.24, 2.45) is 0 Å². The lowest BCUT2D eigenvalue weighted by atomic mass is 10.1. The number of hydrogen-bond acceptors (Lipinski definition) is 3. The van der Waals surface area contributed by atoms with Crippen LogP contribution < -0.4 is 4.90 Å². The Kier molecular flexibility index (Phi) is 5.78. The van der Waals surface area contributed by atoms with Gasteiger partial charge >= 0.3 is 12.1 Å². The Labute approximate surface area is 145 Å². The first-order chi connectivity index (χ1) is 11.6. The fraction of sp³-hybridized carbons (Fsp3) is 0.562. The van der Waals surface area contributed by atoms with Crippen LogP contribution in [0.2, 0.25) is 0 Å². The Balaban J connectivity index is 2.28. The van der Waals surface area contributed by atoms with E-state index in [1.807, 2.05) is 6.92 Å². The summed E-state index contributed by atoms with van der Waals surface area (Å²) in [6.45, 7) is 3.52. The summed E-state index contributed by atoms with van der Waals surface area (Å²) in [5.41, 5.74) is 0.00969. The quantitative estimate of drug-likeness (QED) is 0.809. The molecule has 0 spiro atoms. The lowest BCUT2D eigenvalue weighted by molar-refractivity contribution is -0.170. The number of halogens is 3. The number of alkyl halides is 3. The van der Waals surface area contributed by atoms with Crippen molar-refractivity contribution in [1.82, 2.24) is 4.31 Å². The fourth-order valence-corrected chi connectivity index (χ4v) is 4.66. The number of benzene rings is 1. The SMILES string of the molecule is CCN(C(=O)C(F)(F)F)c1ccc(S(=O)(=O)N2CCCC[C@H]2C)cc1. The summed E-state index contributed by atoms with van der Waals surface area (Å²) in [7, 11) is -3.70. The first-order valence-corrected chi connectivity index (χ1v) is 9.53. The van der Waals surface area contributed by atoms with Crippen LogP contribution in [0.4, 0.5) is 18.9 Å². The van der Waals surface area contributed by atoms with E-state index in [1.54, 1.807) is 0 Å². The van der Waals surface area contributed by atoms with Crippen LogP contribution in [0.15, 0.2) is 29.2 Å². The molecule has 25 heavy (non-hydrogen) atoms. The van der Waals surface area contributed by atoms with E-state index in [-0.39, 0.29) is 23.2 Å². The number of carbonyl (C=O) groups excluding carboxylic acids is 1. The molecule has 140 valence electrons. The summed E-state index contributed by atoms with van der Waals surface area (Å²) < 4.78 is 64.7. The largest absolute Gasteiger partial charge is 0.471 e. The maximum atomic E-state index is 12.7. The summed E-state index contributed by atoms with van der Waals surface area (Å²) in [5.74, 6) is -1.98. The molecular formula is C16H21F3N2O3S. The van der Waals surface area contributed by atoms with Crippen molar-refractivity contribution in [3.63, 3.8) is 0 Å². The Bertz CT molecular complexity index is 717. The molecule has 1 heterocycles. The van der Waals surface area contributed by atoms with Crippen LogP contribution in [-0.2, 0) is 14.8 Å². The lowest BCUT2D eigenvalue weighted by Gasteiger charge is -2.32. The summed E-state index contributed by atoms with van der Waals surface area (Å²) in [4.78, 5) is 12.0. The zero-order valence-corrected chi connectivity index (χ0v) is 14.9. The van der Waals surface area contributed by atoms with Gasteiger partial charge in [0, 0.05) is 24.8 Å². The van der Waals surface area contributed by atoms with Crippen LogP contribution in [0.5, 0.6) is 0 Å². The summed E-state index contributed by atoms with van der Waals surface area (Å²) >= 11 is 0. The van der Waals surface area contributed by atoms with Crippen molar-refractivity contribution in [2.75, 3.05) is 18.0 Å². The minimum Gasteiger partial charge on any atom is -0.305 e. The number of sulfonamides is 1. The van der Waals surface area contributed by atoms with Crippen LogP contribution in [0.3, 0.4) is 0 Å². The number of amides is 1. The summed E-state index contributed by atoms with van der Waals surface area (Å²) in [6.07, 6.45) is -2.45. The highest BCUT2D eigenvalue weighted by Gasteiger charge is 2.42. The zero-order valence-electron chi connectivity index (χ0n) is 14.1. The third-order valence-corrected chi connectivity index (χ3v) is 6.33. The van der Waals surface area contributed by atoms with E-state index in [0.717, 1.165) is 19.3 Å². The van der Waals surface area contributed by atoms with E-state index in [2.05, 4.69) is 0 Å². The second kappa shape index (κ2) is 7.33. The predicted octanol–water partition coefficient (Wildman–Crippen LogP) is 3.16. The molecule has 1 aromatic carbocycles. The highest BCUT2D eigenvalue weighted by atomic mass is 32.2. The maximum Gasteiger partial charge on any atom is 0.471 e. The van der Waals surface area contributed by atoms with Gasteiger partial charge in [-0.05, 0) is 51.0 Å². The number of hydrogen-bond donors (Lipinski definition) is 0. The van der Waals surface area contributed by atoms with E-state index in [1.165, 1.54) is 35.5 Å². The van der Waals surface area contributed by atoms with Crippen LogP contribution in [-0.4, -0.2) is 43.9 Å². The first kappa shape index (κ1) is 19.7. The molecule has 1 amide bonds. The molecule has 0 bridgehead atoms. The molecule has 0 radical (unpaired) electrons. The molecule has 9 heteroatoms. The highest BCUT2D eigenvalue weighted by Crippen LogP contribution is 2.28. The number of anilines is 1. The standard InChI is InChI=1S/C16H21F3N2O3S/c1-3-20(15(22)16(17,18)19)13-7-9-14(10-8-13)25(23,24)21-11-5-4-6-12(21)2/h7-10,12H,3-6,11H2,1-2H3/t12-/m1/s1. The van der Waals surface area contributed by atoms with Gasteiger partial charge in [-0.2, -0.15) is 17.5 Å². The Morgan fingerprint density at radius 2 is 1.84 bits per heavy atom. The molecular weight excluding hydrogens is 357 g/mol. The van der Waals surface area contributed by atoms with Crippen LogP contribution >= 0.6 is 0 Å². The van der Waals surface area contributed by atoms with Crippen molar-refractivity contribution in [2.45, 2.75) is 50.2 Å². The van der Waals surface area contributed by atoms with Gasteiger partial charge in [0.2, 0.25) is 10.0 Å². The molecule has 0 aliphatic carbocycles. The van der Waals surface area contributed by atoms with E-state index in [9.17, 15) is 26.4 Å². The molecule has 2 rings (SSSR count). The van der Waals surface area contributed by atoms with Gasteiger partial charge in [0.05, 0.1) is 4.90 Å². The average Bonchev–Trinajstić information content (AvgIpc) is 2.55. The topological polar surface area (TPSA) is 57.7 Å². The maximum absolute atomic E-state index is 12.7. The number of nitrogens with zero attached hydrogens (tertiary/aromatic N) is 2. The van der Waals surface area contributed by atoms with Gasteiger partial charge in [0.1, 0.15) is 0 Å². The summed E-state index contributed by atoms with van der Waals surface area (Å²) in [6, 6.07) is 4.84. The van der Waals surface area contributed by atoms with Gasteiger partial charge in [-0.15, -0.1) is 0 Å². The molecule has 0 unspecified atom stereocenters. The zero-order chi connectivity index (χ0) is 18.8. The molecule has 1 aliphatic rings. The minimum absolute atomic E-state index is 0.00969. The average molecular weight is 378 g/mol. The van der Waals surface area contributed by atoms with E-state index < -0.39 is 22.1 Å². The third-order valence-electron chi connectivity index (χ3n) is 4.30. The van der Waals surface area contributed by atoms with Crippen molar-refractivity contribution in [3.8, 4) is 0 Å². The van der Waals surface area contributed by atoms with Crippen LogP contribution in [0.25, 0.3) is 0 Å². The Hall–Kier alpha value is -1.61. The predicted molar refractivity (Wildman–Crippen MR) is 87.7 cm³/mol. The van der Waals surface area contributed by atoms with Gasteiger partial charge < -0.3 is 4.90 Å². The van der Waals surface area contributed by atoms with Gasteiger partial charge in [0.15, 0.2) is 0 Å². The van der Waals surface area contributed by atoms with Gasteiger partial charge in [-0.3, -0.25) is 4.79 Å². The molecule has 1 atom stereocenters. The Morgan fingerprint density at radius 1 is 1.24 bits per heavy atom. The van der Waals surface area contributed by atoms with Crippen molar-refractivity contribution in [3.05, 3.63) is 24.3 Å². The lowest BCUT2D eigenvalue weighted by Crippen LogP contribution is -2.42. The molecule has 1 saturated heterocycles. The smallest absolute Gasteiger partial charge is 0.305 e. The molecule has 0 saturated carbocycles. The number of rotatable bonds is 4. The number of piperidine rings is 1. The summed E-state index contributed by atoms with van der Waals surface area (Å²) in [5, 5.41) is 0. The van der Waals surface area contributed by atoms with Crippen LogP contribution in [0, 0.1) is 0 Å². The highest BCUT2D eigenvalue weighted by molar-refractivity contribution is 7.89. The van der Waals surface area contributed by atoms with Gasteiger partial charge in [-0.1, -0.05) is 6.42 Å². The van der Waals surface area contributed by atoms with Crippen molar-refractivity contribution >= 4 is 21.6 Å². The molecule has 0 aromatic heterocycles. The van der Waals surface area contributed by atoms with Gasteiger partial charge in [-0.25, -0.2) is 8.42 Å². The molecule has 1 aromatic rings. The molecule has 5 nitrogen and oxygen atoms in total. The van der Waals surface area contributed by atoms with E-state index >= 15 is 0 Å². The van der Waals surface area contributed by atoms with Gasteiger partial charge in [0.25, 0.3) is 0 Å². The number of carbonyl (C=O) groups is 1. The van der Waals surface area contributed by atoms with E-state index in [0.29, 0.717) is 11.4 Å². The minimum atomic E-state index is -4.98. The first-order valence-electron chi connectivity index (χ1n) is 8.09. The van der Waals surface area contributed by atoms with Crippen LogP contribution in [0.1, 0.15) is 33.1 Å². The van der Waals surface area contributed by atoms with Crippen molar-refractivity contribution in [1.29, 1.82) is 0 Å². The monoisotopic (exact) mass is 378 g/mol. The molecule has 0 N–H and O–H groups in total. The molecule has 1 aliphatic heterocycles. The third kappa shape index (κ3) is 4.14. The molecule has 1 fully saturated rings. The normalized spacial score (nSPS) is 19.6. The second-order valence-electron chi connectivity index (χ2n) is 6.00. The van der Waals surface area contributed by atoms with Crippen molar-refractivity contribution < 1.29 is 26.4 Å². The Morgan fingerprint density at radius 3 is 2.32 bits per heavy atom. The fourth-order valence-electron chi connectivity index (χ4n) is 2.96. The van der Waals surface area contributed by atoms with E-state index in [4.69, 9.17) is 0 Å². The second-order valence-corrected chi connectivity index (χ2v) is 7.89.